The van der Waals surface area contributed by atoms with E-state index in [0.29, 0.717) is 54.8 Å². The smallest absolute Gasteiger partial charge is 0.308 e. The number of hydrogen-bond donors (Lipinski definition) is 1. The molecule has 370 valence electrons. The topological polar surface area (TPSA) is 128 Å². The number of fused-ring (bicyclic) bond motifs is 2. The van der Waals surface area contributed by atoms with Gasteiger partial charge in [0.1, 0.15) is 0 Å². The second-order valence-electron chi connectivity index (χ2n) is 18.5. The Morgan fingerprint density at radius 3 is 1.23 bits per heavy atom. The second kappa shape index (κ2) is 34.4. The molecule has 0 radical (unpaired) electrons. The zero-order valence-corrected chi connectivity index (χ0v) is 41.7. The second-order valence-corrected chi connectivity index (χ2v) is 18.5. The first-order chi connectivity index (χ1) is 32.2. The number of hydrogen-bond acceptors (Lipinski definition) is 9. The summed E-state index contributed by atoms with van der Waals surface area (Å²) in [5.74, 6) is -0.807. The normalized spacial score (nSPS) is 13.7. The van der Waals surface area contributed by atoms with Crippen LogP contribution in [0.2, 0.25) is 0 Å². The minimum atomic E-state index is -0.207. The highest BCUT2D eigenvalue weighted by molar-refractivity contribution is 6.22. The van der Waals surface area contributed by atoms with Gasteiger partial charge in [-0.1, -0.05) is 135 Å². The number of carbonyl (C=O) groups is 5. The van der Waals surface area contributed by atoms with Crippen molar-refractivity contribution in [1.29, 1.82) is 0 Å². The minimum absolute atomic E-state index is 0.00937. The maximum atomic E-state index is 13.0. The van der Waals surface area contributed by atoms with Crippen LogP contribution in [0.15, 0.2) is 48.5 Å². The molecule has 1 N–H and O–H groups in total. The maximum absolute atomic E-state index is 13.0. The fourth-order valence-corrected chi connectivity index (χ4v) is 8.85. The van der Waals surface area contributed by atoms with Crippen molar-refractivity contribution in [3.63, 3.8) is 0 Å². The van der Waals surface area contributed by atoms with Crippen LogP contribution in [-0.4, -0.2) is 120 Å². The quantitative estimate of drug-likeness (QED) is 0.0400. The van der Waals surface area contributed by atoms with Gasteiger partial charge in [-0.15, -0.1) is 0 Å². The highest BCUT2D eigenvalue weighted by Crippen LogP contribution is 2.25. The molecule has 11 heteroatoms. The Morgan fingerprint density at radius 2 is 0.818 bits per heavy atom. The zero-order valence-electron chi connectivity index (χ0n) is 41.7. The van der Waals surface area contributed by atoms with E-state index in [4.69, 9.17) is 4.74 Å². The van der Waals surface area contributed by atoms with Crippen LogP contribution in [0, 0.1) is 5.92 Å². The van der Waals surface area contributed by atoms with E-state index in [1.165, 1.54) is 41.9 Å². The van der Waals surface area contributed by atoms with E-state index < -0.39 is 0 Å². The van der Waals surface area contributed by atoms with Crippen molar-refractivity contribution in [2.24, 2.45) is 5.92 Å². The van der Waals surface area contributed by atoms with Gasteiger partial charge in [-0.05, 0) is 128 Å². The predicted octanol–water partition coefficient (Wildman–Crippen LogP) is 11.4. The molecule has 2 aliphatic rings. The van der Waals surface area contributed by atoms with E-state index in [-0.39, 0.29) is 42.1 Å². The monoisotopic (exact) mass is 917 g/mol. The molecule has 0 spiro atoms. The van der Waals surface area contributed by atoms with Crippen LogP contribution in [0.1, 0.15) is 217 Å². The first-order valence-corrected chi connectivity index (χ1v) is 26.3. The Kier molecular flexibility index (Phi) is 29.4. The van der Waals surface area contributed by atoms with E-state index in [0.717, 1.165) is 142 Å². The summed E-state index contributed by atoms with van der Waals surface area (Å²) < 4.78 is 5.81. The summed E-state index contributed by atoms with van der Waals surface area (Å²) in [6, 6.07) is 14.1. The van der Waals surface area contributed by atoms with Crippen molar-refractivity contribution >= 4 is 29.6 Å². The Balaban J connectivity index is 0.00000277. The number of amides is 4. The molecule has 2 aromatic rings. The molecule has 4 rings (SSSR count). The molecular formula is C55H88N4O7. The Labute approximate surface area is 399 Å². The number of nitrogens with zero attached hydrogens (tertiary/aromatic N) is 4. The Morgan fingerprint density at radius 1 is 0.470 bits per heavy atom. The highest BCUT2D eigenvalue weighted by Gasteiger charge is 2.35. The molecule has 2 aromatic carbocycles. The molecule has 0 saturated carbocycles. The number of carbonyl (C=O) groups excluding carboxylic acids is 5. The third-order valence-corrected chi connectivity index (χ3v) is 13.1. The fourth-order valence-electron chi connectivity index (χ4n) is 8.85. The third kappa shape index (κ3) is 20.1. The lowest BCUT2D eigenvalue weighted by Gasteiger charge is -2.26. The third-order valence-electron chi connectivity index (χ3n) is 13.1. The molecule has 0 aromatic heterocycles. The van der Waals surface area contributed by atoms with Crippen LogP contribution in [0.4, 0.5) is 0 Å². The van der Waals surface area contributed by atoms with E-state index >= 15 is 0 Å². The van der Waals surface area contributed by atoms with Gasteiger partial charge in [-0.25, -0.2) is 0 Å². The van der Waals surface area contributed by atoms with Gasteiger partial charge in [-0.2, -0.15) is 0 Å². The van der Waals surface area contributed by atoms with Gasteiger partial charge in [0, 0.05) is 19.7 Å². The number of rotatable bonds is 37. The summed E-state index contributed by atoms with van der Waals surface area (Å²) in [5, 5.41) is 9.24. The lowest BCUT2D eigenvalue weighted by molar-refractivity contribution is -0.149. The summed E-state index contributed by atoms with van der Waals surface area (Å²) in [6.45, 7) is 15.5. The number of imide groups is 2. The van der Waals surface area contributed by atoms with Crippen molar-refractivity contribution in [1.82, 2.24) is 19.6 Å². The molecule has 11 nitrogen and oxygen atoms in total. The lowest BCUT2D eigenvalue weighted by Crippen LogP contribution is -2.35. The molecule has 0 saturated heterocycles. The molecule has 2 aliphatic heterocycles. The molecule has 66 heavy (non-hydrogen) atoms. The van der Waals surface area contributed by atoms with Crippen molar-refractivity contribution in [3.05, 3.63) is 70.8 Å². The van der Waals surface area contributed by atoms with Crippen molar-refractivity contribution in [2.75, 3.05) is 65.6 Å². The summed E-state index contributed by atoms with van der Waals surface area (Å²) >= 11 is 0. The summed E-state index contributed by atoms with van der Waals surface area (Å²) in [5.41, 5.74) is 1.95. The average Bonchev–Trinajstić information content (AvgIpc) is 3.72. The first-order valence-electron chi connectivity index (χ1n) is 26.3. The SMILES string of the molecule is CCCC.CCCCCCC(CCCCC)C(=O)OCCCCCCN(CCCCN(CCCCCCO)CCCN1C(=O)c2ccccc2C1=O)CCCN1C(=O)c2ccccc2C1=O. The number of esters is 1. The fraction of sp³-hybridized carbons (Fsp3) is 0.691. The molecule has 1 atom stereocenters. The van der Waals surface area contributed by atoms with Crippen LogP contribution < -0.4 is 0 Å². The number of benzene rings is 2. The van der Waals surface area contributed by atoms with E-state index in [1.54, 1.807) is 48.5 Å². The van der Waals surface area contributed by atoms with Crippen molar-refractivity contribution < 1.29 is 33.8 Å². The minimum Gasteiger partial charge on any atom is -0.465 e. The molecule has 1 unspecified atom stereocenters. The van der Waals surface area contributed by atoms with Gasteiger partial charge in [-0.3, -0.25) is 33.8 Å². The maximum Gasteiger partial charge on any atom is 0.308 e. The van der Waals surface area contributed by atoms with Gasteiger partial charge < -0.3 is 19.6 Å². The molecular weight excluding hydrogens is 829 g/mol. The van der Waals surface area contributed by atoms with Crippen LogP contribution >= 0.6 is 0 Å². The van der Waals surface area contributed by atoms with Gasteiger partial charge in [0.25, 0.3) is 23.6 Å². The molecule has 4 amide bonds. The molecule has 0 aliphatic carbocycles. The zero-order chi connectivity index (χ0) is 47.8. The highest BCUT2D eigenvalue weighted by atomic mass is 16.5. The lowest BCUT2D eigenvalue weighted by atomic mass is 9.95. The van der Waals surface area contributed by atoms with Gasteiger partial charge in [0.05, 0.1) is 34.8 Å². The van der Waals surface area contributed by atoms with E-state index in [1.807, 2.05) is 0 Å². The summed E-state index contributed by atoms with van der Waals surface area (Å²) in [7, 11) is 0. The summed E-state index contributed by atoms with van der Waals surface area (Å²) in [6.07, 6.45) is 23.9. The number of unbranched alkanes of at least 4 members (excludes halogenated alkanes) is 13. The van der Waals surface area contributed by atoms with Crippen LogP contribution in [0.3, 0.4) is 0 Å². The molecule has 0 fully saturated rings. The van der Waals surface area contributed by atoms with Crippen LogP contribution in [-0.2, 0) is 9.53 Å². The average molecular weight is 917 g/mol. The van der Waals surface area contributed by atoms with Gasteiger partial charge in [0.15, 0.2) is 0 Å². The van der Waals surface area contributed by atoms with Gasteiger partial charge >= 0.3 is 5.97 Å². The largest absolute Gasteiger partial charge is 0.465 e. The standard InChI is InChI=1S/C51H78N4O7.C4H10/c1-3-5-7-13-27-42(26-12-6-4-2)51(61)62-41-23-11-9-19-33-53(37-25-39-55-49(59)45-30-16-17-31-46(45)50(55)60)35-21-20-34-52(32-18-8-10-22-40-56)36-24-38-54-47(57)43-28-14-15-29-44(43)48(54)58;1-3-4-2/h14-17,28-31,42,56H,3-13,18-27,32-41H2,1-2H3;3-4H2,1-2H3. The van der Waals surface area contributed by atoms with Crippen molar-refractivity contribution in [3.8, 4) is 0 Å². The summed E-state index contributed by atoms with van der Waals surface area (Å²) in [4.78, 5) is 72.7. The Bertz CT molecular complexity index is 1630. The number of ether oxygens (including phenoxy) is 1. The molecule has 0 bridgehead atoms. The van der Waals surface area contributed by atoms with Gasteiger partial charge in [0.2, 0.25) is 0 Å². The van der Waals surface area contributed by atoms with Crippen LogP contribution in [0.5, 0.6) is 0 Å². The van der Waals surface area contributed by atoms with Crippen LogP contribution in [0.25, 0.3) is 0 Å². The number of aliphatic hydroxyl groups excluding tert-OH is 1. The Hall–Kier alpha value is -3.93. The van der Waals surface area contributed by atoms with E-state index in [2.05, 4.69) is 37.5 Å². The van der Waals surface area contributed by atoms with Crippen molar-refractivity contribution in [2.45, 2.75) is 175 Å². The number of aliphatic hydroxyl groups is 1. The molecule has 2 heterocycles. The first kappa shape index (κ1) is 56.4. The predicted molar refractivity (Wildman–Crippen MR) is 267 cm³/mol. The van der Waals surface area contributed by atoms with E-state index in [9.17, 15) is 29.1 Å².